The summed E-state index contributed by atoms with van der Waals surface area (Å²) < 4.78 is 1.66. The molecular weight excluding hydrogens is 460 g/mol. The number of para-hydroxylation sites is 1. The zero-order valence-electron chi connectivity index (χ0n) is 21.2. The zero-order valence-corrected chi connectivity index (χ0v) is 22.0. The molecule has 0 atom stereocenters. The second-order valence-corrected chi connectivity index (χ2v) is 10.6. The molecule has 0 saturated heterocycles. The fourth-order valence-electron chi connectivity index (χ4n) is 3.75. The van der Waals surface area contributed by atoms with Gasteiger partial charge >= 0.3 is 0 Å². The minimum atomic E-state index is -0.271. The van der Waals surface area contributed by atoms with Crippen LogP contribution in [0.15, 0.2) is 60.7 Å². The Labute approximate surface area is 213 Å². The summed E-state index contributed by atoms with van der Waals surface area (Å²) in [7, 11) is 0. The predicted molar refractivity (Wildman–Crippen MR) is 142 cm³/mol. The van der Waals surface area contributed by atoms with E-state index in [9.17, 15) is 9.59 Å². The Morgan fingerprint density at radius 2 is 1.71 bits per heavy atom. The topological polar surface area (TPSA) is 67.2 Å². The van der Waals surface area contributed by atoms with E-state index in [4.69, 9.17) is 16.7 Å². The molecule has 186 valence electrons. The van der Waals surface area contributed by atoms with Gasteiger partial charge in [-0.25, -0.2) is 4.68 Å². The molecule has 1 heterocycles. The second-order valence-electron chi connectivity index (χ2n) is 10.2. The molecule has 2 aromatic carbocycles. The van der Waals surface area contributed by atoms with Gasteiger partial charge in [-0.2, -0.15) is 5.10 Å². The quantitative estimate of drug-likeness (QED) is 0.404. The van der Waals surface area contributed by atoms with Crippen molar-refractivity contribution in [3.8, 4) is 5.69 Å². The number of aromatic nitrogens is 2. The first-order valence-corrected chi connectivity index (χ1v) is 12.4. The van der Waals surface area contributed by atoms with Gasteiger partial charge in [0.1, 0.15) is 5.82 Å². The molecule has 0 radical (unpaired) electrons. The van der Waals surface area contributed by atoms with Crippen LogP contribution in [0, 0.1) is 5.92 Å². The van der Waals surface area contributed by atoms with Crippen molar-refractivity contribution < 1.29 is 9.59 Å². The molecule has 0 aliphatic heterocycles. The first-order chi connectivity index (χ1) is 16.5. The lowest BCUT2D eigenvalue weighted by molar-refractivity contribution is -0.135. The third kappa shape index (κ3) is 7.43. The summed E-state index contributed by atoms with van der Waals surface area (Å²) in [5, 5.41) is 8.23. The van der Waals surface area contributed by atoms with Crippen molar-refractivity contribution in [3.63, 3.8) is 0 Å². The van der Waals surface area contributed by atoms with Gasteiger partial charge in [0, 0.05) is 24.4 Å². The largest absolute Gasteiger partial charge is 0.333 e. The van der Waals surface area contributed by atoms with Gasteiger partial charge in [-0.3, -0.25) is 9.59 Å². The van der Waals surface area contributed by atoms with E-state index < -0.39 is 0 Å². The number of benzene rings is 2. The third-order valence-corrected chi connectivity index (χ3v) is 5.89. The van der Waals surface area contributed by atoms with E-state index in [-0.39, 0.29) is 29.7 Å². The lowest BCUT2D eigenvalue weighted by atomic mass is 9.92. The van der Waals surface area contributed by atoms with Gasteiger partial charge < -0.3 is 10.2 Å². The van der Waals surface area contributed by atoms with Crippen LogP contribution in [0.5, 0.6) is 0 Å². The van der Waals surface area contributed by atoms with Gasteiger partial charge in [-0.15, -0.1) is 0 Å². The van der Waals surface area contributed by atoms with Crippen LogP contribution >= 0.6 is 11.6 Å². The molecule has 0 aliphatic rings. The molecule has 3 aromatic rings. The minimum absolute atomic E-state index is 0.0235. The fraction of sp³-hybridized carbons (Fsp3) is 0.393. The van der Waals surface area contributed by atoms with Crippen molar-refractivity contribution in [2.24, 2.45) is 5.92 Å². The van der Waals surface area contributed by atoms with Crippen LogP contribution in [0.2, 0.25) is 5.02 Å². The number of hydrogen-bond acceptors (Lipinski definition) is 3. The summed E-state index contributed by atoms with van der Waals surface area (Å²) in [6, 6.07) is 19.1. The van der Waals surface area contributed by atoms with Crippen molar-refractivity contribution in [1.82, 2.24) is 14.7 Å². The maximum absolute atomic E-state index is 13.1. The lowest BCUT2D eigenvalue weighted by Crippen LogP contribution is -2.40. The number of nitrogens with one attached hydrogen (secondary N) is 1. The maximum Gasteiger partial charge on any atom is 0.245 e. The summed E-state index contributed by atoms with van der Waals surface area (Å²) in [5.41, 5.74) is 2.39. The number of anilines is 1. The number of amides is 2. The molecule has 0 spiro atoms. The van der Waals surface area contributed by atoms with Gasteiger partial charge in [0.05, 0.1) is 22.9 Å². The van der Waals surface area contributed by atoms with Crippen molar-refractivity contribution in [1.29, 1.82) is 0 Å². The molecular formula is C28H35ClN4O2. The standard InChI is InChI=1S/C28H35ClN4O2/c1-20(2)18-32(27(35)16-15-21-11-7-6-8-12-21)19-26(34)30-25-17-24(28(3,4)5)31-33(25)23-14-10-9-13-22(23)29/h6-14,17,20H,15-16,18-19H2,1-5H3,(H,30,34). The van der Waals surface area contributed by atoms with Crippen molar-refractivity contribution in [3.05, 3.63) is 76.9 Å². The van der Waals surface area contributed by atoms with E-state index in [0.717, 1.165) is 11.3 Å². The lowest BCUT2D eigenvalue weighted by Gasteiger charge is -2.24. The number of nitrogens with zero attached hydrogens (tertiary/aromatic N) is 3. The molecule has 2 amide bonds. The summed E-state index contributed by atoms with van der Waals surface area (Å²) >= 11 is 6.43. The van der Waals surface area contributed by atoms with Crippen LogP contribution in [0.3, 0.4) is 0 Å². The molecule has 0 bridgehead atoms. The Bertz CT molecular complexity index is 1150. The van der Waals surface area contributed by atoms with Gasteiger partial charge in [-0.05, 0) is 30.0 Å². The minimum Gasteiger partial charge on any atom is -0.333 e. The summed E-state index contributed by atoms with van der Waals surface area (Å²) in [6.45, 7) is 10.8. The van der Waals surface area contributed by atoms with Crippen LogP contribution in [0.1, 0.15) is 52.3 Å². The smallest absolute Gasteiger partial charge is 0.245 e. The van der Waals surface area contributed by atoms with Gasteiger partial charge in [0.2, 0.25) is 11.8 Å². The third-order valence-electron chi connectivity index (χ3n) is 5.57. The van der Waals surface area contributed by atoms with Crippen LogP contribution in [-0.2, 0) is 21.4 Å². The van der Waals surface area contributed by atoms with Crippen LogP contribution < -0.4 is 5.32 Å². The highest BCUT2D eigenvalue weighted by molar-refractivity contribution is 6.32. The Hall–Kier alpha value is -3.12. The highest BCUT2D eigenvalue weighted by Crippen LogP contribution is 2.29. The molecule has 0 unspecified atom stereocenters. The van der Waals surface area contributed by atoms with Gasteiger partial charge in [-0.1, -0.05) is 88.7 Å². The fourth-order valence-corrected chi connectivity index (χ4v) is 3.96. The van der Waals surface area contributed by atoms with Crippen molar-refractivity contribution in [2.75, 3.05) is 18.4 Å². The van der Waals surface area contributed by atoms with Crippen molar-refractivity contribution in [2.45, 2.75) is 52.9 Å². The van der Waals surface area contributed by atoms with Crippen LogP contribution in [0.25, 0.3) is 5.69 Å². The Morgan fingerprint density at radius 1 is 1.06 bits per heavy atom. The molecule has 1 aromatic heterocycles. The summed E-state index contributed by atoms with van der Waals surface area (Å²) in [4.78, 5) is 27.8. The number of aryl methyl sites for hydroxylation is 1. The SMILES string of the molecule is CC(C)CN(CC(=O)Nc1cc(C(C)(C)C)nn1-c1ccccc1Cl)C(=O)CCc1ccccc1. The first-order valence-electron chi connectivity index (χ1n) is 12.0. The second kappa shape index (κ2) is 11.5. The average Bonchev–Trinajstić information content (AvgIpc) is 3.21. The van der Waals surface area contributed by atoms with E-state index in [0.29, 0.717) is 35.9 Å². The van der Waals surface area contributed by atoms with E-state index in [1.807, 2.05) is 68.4 Å². The molecule has 7 heteroatoms. The van der Waals surface area contributed by atoms with Gasteiger partial charge in [0.15, 0.2) is 0 Å². The molecule has 0 aliphatic carbocycles. The maximum atomic E-state index is 13.1. The summed E-state index contributed by atoms with van der Waals surface area (Å²) in [5.74, 6) is 0.457. The Balaban J connectivity index is 1.78. The molecule has 35 heavy (non-hydrogen) atoms. The molecule has 3 rings (SSSR count). The van der Waals surface area contributed by atoms with Gasteiger partial charge in [0.25, 0.3) is 0 Å². The van der Waals surface area contributed by atoms with E-state index >= 15 is 0 Å². The monoisotopic (exact) mass is 494 g/mol. The van der Waals surface area contributed by atoms with Crippen LogP contribution in [0.4, 0.5) is 5.82 Å². The molecule has 1 N–H and O–H groups in total. The zero-order chi connectivity index (χ0) is 25.6. The number of halogens is 1. The molecule has 0 fully saturated rings. The van der Waals surface area contributed by atoms with Crippen molar-refractivity contribution >= 4 is 29.2 Å². The highest BCUT2D eigenvalue weighted by atomic mass is 35.5. The van der Waals surface area contributed by atoms with E-state index in [1.165, 1.54) is 0 Å². The normalized spacial score (nSPS) is 11.5. The molecule has 0 saturated carbocycles. The number of carbonyl (C=O) groups is 2. The van der Waals surface area contributed by atoms with E-state index in [2.05, 4.69) is 26.1 Å². The number of rotatable bonds is 9. The number of carbonyl (C=O) groups excluding carboxylic acids is 2. The Morgan fingerprint density at radius 3 is 2.34 bits per heavy atom. The predicted octanol–water partition coefficient (Wildman–Crippen LogP) is 5.88. The highest BCUT2D eigenvalue weighted by Gasteiger charge is 2.24. The first kappa shape index (κ1) is 26.5. The molecule has 6 nitrogen and oxygen atoms in total. The average molecular weight is 495 g/mol. The summed E-state index contributed by atoms with van der Waals surface area (Å²) in [6.07, 6.45) is 1.000. The van der Waals surface area contributed by atoms with Crippen LogP contribution in [-0.4, -0.2) is 39.6 Å². The van der Waals surface area contributed by atoms with E-state index in [1.54, 1.807) is 15.6 Å². The number of hydrogen-bond donors (Lipinski definition) is 1. The Kier molecular flexibility index (Phi) is 8.73.